The first-order valence-corrected chi connectivity index (χ1v) is 2.83. The molecule has 1 unspecified atom stereocenters. The Morgan fingerprint density at radius 1 is 1.60 bits per heavy atom. The molecule has 0 amide bonds. The minimum absolute atomic E-state index is 0.0630. The van der Waals surface area contributed by atoms with E-state index < -0.39 is 18.2 Å². The molecule has 0 saturated carbocycles. The van der Waals surface area contributed by atoms with Crippen LogP contribution in [0.5, 0.6) is 0 Å². The molecule has 4 N–H and O–H groups in total. The molecule has 0 aliphatic rings. The van der Waals surface area contributed by atoms with Crippen molar-refractivity contribution in [1.82, 2.24) is 5.32 Å². The Kier molecular flexibility index (Phi) is 3.94. The summed E-state index contributed by atoms with van der Waals surface area (Å²) >= 11 is 0. The highest BCUT2D eigenvalue weighted by atomic mass is 16.4. The summed E-state index contributed by atoms with van der Waals surface area (Å²) in [7, 11) is 1.55. The first-order chi connectivity index (χ1) is 4.59. The maximum atomic E-state index is 9.98. The van der Waals surface area contributed by atoms with Crippen LogP contribution in [0.4, 0.5) is 0 Å². The van der Waals surface area contributed by atoms with Gasteiger partial charge in [-0.05, 0) is 7.05 Å². The molecule has 0 aromatic carbocycles. The van der Waals surface area contributed by atoms with E-state index in [1.807, 2.05) is 0 Å². The van der Waals surface area contributed by atoms with E-state index in [9.17, 15) is 4.79 Å². The molecule has 0 saturated heterocycles. The van der Waals surface area contributed by atoms with Crippen molar-refractivity contribution in [2.24, 2.45) is 0 Å². The van der Waals surface area contributed by atoms with Crippen LogP contribution in [0.1, 0.15) is 0 Å². The standard InChI is InChI=1S/C5H11NO4/c1-6-2-3(7)4(8)5(9)10/h3-4,6-8H,2H2,1H3,(H,9,10)/t3-,4?/m1/s1. The summed E-state index contributed by atoms with van der Waals surface area (Å²) < 4.78 is 0. The highest BCUT2D eigenvalue weighted by molar-refractivity contribution is 5.72. The van der Waals surface area contributed by atoms with Crippen LogP contribution < -0.4 is 5.32 Å². The van der Waals surface area contributed by atoms with Gasteiger partial charge in [0.2, 0.25) is 0 Å². The molecule has 10 heavy (non-hydrogen) atoms. The van der Waals surface area contributed by atoms with Gasteiger partial charge in [-0.25, -0.2) is 4.79 Å². The molecule has 0 fully saturated rings. The minimum Gasteiger partial charge on any atom is -0.479 e. The summed E-state index contributed by atoms with van der Waals surface area (Å²) in [6, 6.07) is 0. The summed E-state index contributed by atoms with van der Waals surface area (Å²) in [6.07, 6.45) is -2.95. The number of aliphatic hydroxyl groups excluding tert-OH is 2. The van der Waals surface area contributed by atoms with Crippen LogP contribution in [-0.4, -0.2) is 47.1 Å². The number of hydrogen-bond donors (Lipinski definition) is 4. The lowest BCUT2D eigenvalue weighted by atomic mass is 10.2. The molecule has 0 aliphatic heterocycles. The zero-order valence-corrected chi connectivity index (χ0v) is 5.61. The summed E-state index contributed by atoms with van der Waals surface area (Å²) in [4.78, 5) is 9.98. The molecule has 5 nitrogen and oxygen atoms in total. The summed E-state index contributed by atoms with van der Waals surface area (Å²) in [5, 5.41) is 28.1. The molecule has 0 aromatic rings. The van der Waals surface area contributed by atoms with Crippen molar-refractivity contribution < 1.29 is 20.1 Å². The van der Waals surface area contributed by atoms with Crippen molar-refractivity contribution in [2.75, 3.05) is 13.6 Å². The van der Waals surface area contributed by atoms with E-state index in [0.29, 0.717) is 0 Å². The number of carboxylic acid groups (broad SMARTS) is 1. The number of rotatable bonds is 4. The van der Waals surface area contributed by atoms with Gasteiger partial charge in [0.05, 0.1) is 0 Å². The van der Waals surface area contributed by atoms with Gasteiger partial charge in [-0.2, -0.15) is 0 Å². The van der Waals surface area contributed by atoms with Crippen LogP contribution in [0.25, 0.3) is 0 Å². The topological polar surface area (TPSA) is 89.8 Å². The summed E-state index contributed by atoms with van der Waals surface area (Å²) in [5.41, 5.74) is 0. The van der Waals surface area contributed by atoms with E-state index in [1.54, 1.807) is 7.05 Å². The SMILES string of the molecule is CNC[C@@H](O)C(O)C(=O)O. The van der Waals surface area contributed by atoms with Gasteiger partial charge in [0.1, 0.15) is 6.10 Å². The molecule has 60 valence electrons. The van der Waals surface area contributed by atoms with Gasteiger partial charge in [0, 0.05) is 6.54 Å². The van der Waals surface area contributed by atoms with Crippen molar-refractivity contribution in [2.45, 2.75) is 12.2 Å². The van der Waals surface area contributed by atoms with Crippen LogP contribution in [0.3, 0.4) is 0 Å². The maximum absolute atomic E-state index is 9.98. The average molecular weight is 149 g/mol. The molecule has 0 spiro atoms. The fourth-order valence-electron chi connectivity index (χ4n) is 0.485. The highest BCUT2D eigenvalue weighted by Crippen LogP contribution is 1.90. The Balaban J connectivity index is 3.69. The predicted octanol–water partition coefficient (Wildman–Crippen LogP) is -1.99. The highest BCUT2D eigenvalue weighted by Gasteiger charge is 2.22. The normalized spacial score (nSPS) is 16.3. The second-order valence-corrected chi connectivity index (χ2v) is 1.91. The summed E-state index contributed by atoms with van der Waals surface area (Å²) in [5.74, 6) is -1.41. The fraction of sp³-hybridized carbons (Fsp3) is 0.800. The number of aliphatic hydroxyl groups is 2. The third kappa shape index (κ3) is 2.77. The molecule has 0 rings (SSSR count). The average Bonchev–Trinajstić information content (AvgIpc) is 1.87. The molecule has 0 aromatic heterocycles. The maximum Gasteiger partial charge on any atom is 0.335 e. The van der Waals surface area contributed by atoms with E-state index in [4.69, 9.17) is 15.3 Å². The third-order valence-corrected chi connectivity index (χ3v) is 1.03. The van der Waals surface area contributed by atoms with E-state index in [1.165, 1.54) is 0 Å². The number of carboxylic acids is 1. The molecule has 0 radical (unpaired) electrons. The Morgan fingerprint density at radius 2 is 2.10 bits per heavy atom. The number of nitrogens with one attached hydrogen (secondary N) is 1. The van der Waals surface area contributed by atoms with Gasteiger partial charge < -0.3 is 20.6 Å². The second kappa shape index (κ2) is 4.21. The largest absolute Gasteiger partial charge is 0.479 e. The number of hydrogen-bond acceptors (Lipinski definition) is 4. The molecule has 2 atom stereocenters. The smallest absolute Gasteiger partial charge is 0.335 e. The van der Waals surface area contributed by atoms with Gasteiger partial charge in [0.15, 0.2) is 6.10 Å². The number of aliphatic carboxylic acids is 1. The lowest BCUT2D eigenvalue weighted by Crippen LogP contribution is -2.39. The van der Waals surface area contributed by atoms with E-state index >= 15 is 0 Å². The minimum atomic E-state index is -1.70. The van der Waals surface area contributed by atoms with Gasteiger partial charge >= 0.3 is 5.97 Å². The lowest BCUT2D eigenvalue weighted by molar-refractivity contribution is -0.152. The molecule has 0 heterocycles. The Morgan fingerprint density at radius 3 is 2.40 bits per heavy atom. The molecule has 0 aliphatic carbocycles. The van der Waals surface area contributed by atoms with Gasteiger partial charge in [-0.3, -0.25) is 0 Å². The van der Waals surface area contributed by atoms with Crippen molar-refractivity contribution in [3.05, 3.63) is 0 Å². The summed E-state index contributed by atoms with van der Waals surface area (Å²) in [6.45, 7) is 0.0630. The lowest BCUT2D eigenvalue weighted by Gasteiger charge is -2.12. The van der Waals surface area contributed by atoms with Crippen molar-refractivity contribution in [1.29, 1.82) is 0 Å². The van der Waals surface area contributed by atoms with Crippen LogP contribution in [0.15, 0.2) is 0 Å². The molecule has 0 bridgehead atoms. The van der Waals surface area contributed by atoms with Crippen molar-refractivity contribution in [3.63, 3.8) is 0 Å². The quantitative estimate of drug-likeness (QED) is 0.371. The number of carbonyl (C=O) groups is 1. The fourth-order valence-corrected chi connectivity index (χ4v) is 0.485. The van der Waals surface area contributed by atoms with Gasteiger partial charge in [-0.1, -0.05) is 0 Å². The van der Waals surface area contributed by atoms with Crippen LogP contribution in [0, 0.1) is 0 Å². The molecular weight excluding hydrogens is 138 g/mol. The first-order valence-electron chi connectivity index (χ1n) is 2.83. The zero-order chi connectivity index (χ0) is 8.15. The van der Waals surface area contributed by atoms with Crippen LogP contribution >= 0.6 is 0 Å². The molecule has 5 heteroatoms. The first kappa shape index (κ1) is 9.35. The second-order valence-electron chi connectivity index (χ2n) is 1.91. The zero-order valence-electron chi connectivity index (χ0n) is 5.61. The van der Waals surface area contributed by atoms with Crippen molar-refractivity contribution in [3.8, 4) is 0 Å². The van der Waals surface area contributed by atoms with Crippen LogP contribution in [0.2, 0.25) is 0 Å². The van der Waals surface area contributed by atoms with Crippen molar-refractivity contribution >= 4 is 5.97 Å². The van der Waals surface area contributed by atoms with Gasteiger partial charge in [-0.15, -0.1) is 0 Å². The Hall–Kier alpha value is -0.650. The van der Waals surface area contributed by atoms with Crippen LogP contribution in [-0.2, 0) is 4.79 Å². The van der Waals surface area contributed by atoms with E-state index in [0.717, 1.165) is 0 Å². The molecular formula is C5H11NO4. The van der Waals surface area contributed by atoms with E-state index in [2.05, 4.69) is 5.32 Å². The number of likely N-dealkylation sites (N-methyl/N-ethyl adjacent to an activating group) is 1. The third-order valence-electron chi connectivity index (χ3n) is 1.03. The predicted molar refractivity (Wildman–Crippen MR) is 33.6 cm³/mol. The monoisotopic (exact) mass is 149 g/mol. The Labute approximate surface area is 58.3 Å². The van der Waals surface area contributed by atoms with E-state index in [-0.39, 0.29) is 6.54 Å². The van der Waals surface area contributed by atoms with Gasteiger partial charge in [0.25, 0.3) is 0 Å². The Bertz CT molecular complexity index is 116.